The summed E-state index contributed by atoms with van der Waals surface area (Å²) in [4.78, 5) is 10.3. The van der Waals surface area contributed by atoms with Gasteiger partial charge in [-0.1, -0.05) is 200 Å². The minimum Gasteiger partial charge on any atom is -0.507 e. The molecule has 0 atom stereocenters. The number of para-hydroxylation sites is 1. The molecule has 2 aromatic heterocycles. The van der Waals surface area contributed by atoms with Gasteiger partial charge < -0.3 is 5.11 Å². The van der Waals surface area contributed by atoms with Crippen molar-refractivity contribution in [2.45, 2.75) is 85.2 Å². The van der Waals surface area contributed by atoms with Crippen LogP contribution in [0.2, 0.25) is 0 Å². The standard InChI is InChI=1S/C61H58N3O.Pt/c1-39-24-26-41(27-25-39)43-30-31-62-53(35-43)46-33-44(40-18-13-11-14-19-40)32-45(34-46)49-22-17-23-55-56(49)63-58(51-37-48(60(5,6)7)38-52(57(51)65)61(8,9)10)64(55)54-29-28-47(59(2,3)4)36-50(54)42-20-15-12-16-21-42;/h11-33,35-38,65H,1-10H3;/q-1;/i1D3,2D3,3D3,4D3;. The molecule has 4 nitrogen and oxygen atoms in total. The molecule has 0 saturated heterocycles. The normalized spacial score (nSPS) is 15.5. The van der Waals surface area contributed by atoms with E-state index in [-0.39, 0.29) is 32.4 Å². The smallest absolute Gasteiger partial charge is 0.148 e. The summed E-state index contributed by atoms with van der Waals surface area (Å²) >= 11 is 0. The van der Waals surface area contributed by atoms with Gasteiger partial charge >= 0.3 is 0 Å². The maximum atomic E-state index is 12.7. The Morgan fingerprint density at radius 2 is 1.21 bits per heavy atom. The fourth-order valence-corrected chi connectivity index (χ4v) is 8.43. The van der Waals surface area contributed by atoms with Gasteiger partial charge in [0.15, 0.2) is 0 Å². The maximum Gasteiger partial charge on any atom is 0.148 e. The minimum atomic E-state index is -3.52. The first-order valence-electron chi connectivity index (χ1n) is 27.7. The minimum absolute atomic E-state index is 0. The Hall–Kier alpha value is -6.35. The zero-order valence-electron chi connectivity index (χ0n) is 49.7. The molecule has 0 fully saturated rings. The number of phenolic OH excluding ortho intramolecular Hbond substituents is 1. The summed E-state index contributed by atoms with van der Waals surface area (Å²) < 4.78 is 103. The summed E-state index contributed by atoms with van der Waals surface area (Å²) in [5, 5.41) is 12.7. The largest absolute Gasteiger partial charge is 0.507 e. The van der Waals surface area contributed by atoms with Crippen molar-refractivity contribution in [2.24, 2.45) is 0 Å². The van der Waals surface area contributed by atoms with E-state index in [1.807, 2.05) is 110 Å². The second-order valence-electron chi connectivity index (χ2n) is 18.8. The zero-order valence-corrected chi connectivity index (χ0v) is 40.0. The first kappa shape index (κ1) is 33.2. The number of aryl methyl sites for hydroxylation is 1. The Morgan fingerprint density at radius 1 is 0.545 bits per heavy atom. The Bertz CT molecular complexity index is 3630. The van der Waals surface area contributed by atoms with Gasteiger partial charge in [0.25, 0.3) is 0 Å². The molecular formula is C61H58N3OPt-. The Morgan fingerprint density at radius 3 is 1.88 bits per heavy atom. The molecule has 9 aromatic rings. The topological polar surface area (TPSA) is 50.9 Å². The average molecular weight is 1060 g/mol. The van der Waals surface area contributed by atoms with E-state index >= 15 is 0 Å². The van der Waals surface area contributed by atoms with Gasteiger partial charge in [0.05, 0.1) is 22.3 Å². The van der Waals surface area contributed by atoms with Crippen LogP contribution in [0.4, 0.5) is 0 Å². The number of benzene rings is 7. The second-order valence-corrected chi connectivity index (χ2v) is 18.8. The van der Waals surface area contributed by atoms with E-state index in [0.717, 1.165) is 27.8 Å². The number of aromatic nitrogens is 3. The van der Waals surface area contributed by atoms with Crippen LogP contribution in [0.3, 0.4) is 0 Å². The Balaban J connectivity index is 0.00000803. The van der Waals surface area contributed by atoms with Crippen molar-refractivity contribution in [3.63, 3.8) is 0 Å². The van der Waals surface area contributed by atoms with Crippen LogP contribution in [0.25, 0.3) is 83.9 Å². The molecule has 5 heteroatoms. The number of rotatable bonds is 7. The molecule has 1 N–H and O–H groups in total. The molecule has 0 amide bonds. The van der Waals surface area contributed by atoms with Crippen LogP contribution in [-0.2, 0) is 37.3 Å². The molecule has 7 aromatic carbocycles. The van der Waals surface area contributed by atoms with E-state index in [1.165, 1.54) is 12.1 Å². The molecule has 334 valence electrons. The summed E-state index contributed by atoms with van der Waals surface area (Å²) in [6.45, 7) is -0.477. The Kier molecular flexibility index (Phi) is 8.94. The van der Waals surface area contributed by atoms with Crippen molar-refractivity contribution >= 4 is 11.0 Å². The number of pyridine rings is 1. The number of aromatic hydroxyl groups is 1. The van der Waals surface area contributed by atoms with Crippen LogP contribution < -0.4 is 0 Å². The third-order valence-corrected chi connectivity index (χ3v) is 12.0. The van der Waals surface area contributed by atoms with Gasteiger partial charge in [-0.05, 0) is 86.8 Å². The predicted molar refractivity (Wildman–Crippen MR) is 273 cm³/mol. The monoisotopic (exact) mass is 1060 g/mol. The first-order chi connectivity index (χ1) is 35.9. The first-order valence-corrected chi connectivity index (χ1v) is 21.7. The van der Waals surface area contributed by atoms with Gasteiger partial charge in [-0.15, -0.1) is 23.8 Å². The van der Waals surface area contributed by atoms with Crippen molar-refractivity contribution in [2.75, 3.05) is 0 Å². The molecule has 9 rings (SSSR count). The summed E-state index contributed by atoms with van der Waals surface area (Å²) in [6.07, 6.45) is 1.71. The number of nitrogens with zero attached hydrogens (tertiary/aromatic N) is 3. The average Bonchev–Trinajstić information content (AvgIpc) is 3.85. The van der Waals surface area contributed by atoms with Gasteiger partial charge in [-0.3, -0.25) is 9.55 Å². The van der Waals surface area contributed by atoms with E-state index in [2.05, 4.69) is 26.8 Å². The van der Waals surface area contributed by atoms with E-state index in [9.17, 15) is 5.11 Å². The van der Waals surface area contributed by atoms with Crippen LogP contribution in [0.5, 0.6) is 5.75 Å². The van der Waals surface area contributed by atoms with Crippen LogP contribution in [0.15, 0.2) is 164 Å². The van der Waals surface area contributed by atoms with Gasteiger partial charge in [-0.25, -0.2) is 4.98 Å². The summed E-state index contributed by atoms with van der Waals surface area (Å²) in [7, 11) is 0. The number of hydrogen-bond donors (Lipinski definition) is 1. The number of fused-ring (bicyclic) bond motifs is 1. The number of phenols is 1. The maximum absolute atomic E-state index is 12.7. The molecule has 0 bridgehead atoms. The van der Waals surface area contributed by atoms with Gasteiger partial charge in [0.2, 0.25) is 0 Å². The van der Waals surface area contributed by atoms with E-state index < -0.39 is 49.2 Å². The van der Waals surface area contributed by atoms with Gasteiger partial charge in [0, 0.05) is 60.5 Å². The third kappa shape index (κ3) is 9.09. The quantitative estimate of drug-likeness (QED) is 0.162. The predicted octanol–water partition coefficient (Wildman–Crippen LogP) is 16.1. The third-order valence-electron chi connectivity index (χ3n) is 12.0. The van der Waals surface area contributed by atoms with Crippen LogP contribution in [0.1, 0.15) is 101 Å². The molecule has 0 aliphatic heterocycles. The van der Waals surface area contributed by atoms with Crippen LogP contribution in [-0.4, -0.2) is 19.6 Å². The molecule has 0 unspecified atom stereocenters. The van der Waals surface area contributed by atoms with Crippen molar-refractivity contribution in [3.8, 4) is 78.6 Å². The molecule has 2 heterocycles. The molecule has 0 spiro atoms. The number of hydrogen-bond acceptors (Lipinski definition) is 3. The van der Waals surface area contributed by atoms with E-state index in [4.69, 9.17) is 26.4 Å². The molecule has 0 saturated carbocycles. The van der Waals surface area contributed by atoms with Crippen molar-refractivity contribution < 1.29 is 42.6 Å². The molecule has 0 radical (unpaired) electrons. The van der Waals surface area contributed by atoms with E-state index in [0.29, 0.717) is 67.2 Å². The van der Waals surface area contributed by atoms with Crippen molar-refractivity contribution in [1.82, 2.24) is 14.5 Å². The fourth-order valence-electron chi connectivity index (χ4n) is 8.43. The summed E-state index contributed by atoms with van der Waals surface area (Å²) in [6, 6.07) is 51.0. The van der Waals surface area contributed by atoms with Gasteiger partial charge in [0.1, 0.15) is 11.6 Å². The van der Waals surface area contributed by atoms with E-state index in [1.54, 1.807) is 66.9 Å². The second kappa shape index (κ2) is 17.8. The molecular weight excluding hydrogens is 986 g/mol. The van der Waals surface area contributed by atoms with Crippen LogP contribution >= 0.6 is 0 Å². The Labute approximate surface area is 422 Å². The van der Waals surface area contributed by atoms with Crippen LogP contribution in [0, 0.1) is 12.9 Å². The summed E-state index contributed by atoms with van der Waals surface area (Å²) in [5.41, 5.74) is 5.84. The molecule has 0 aliphatic carbocycles. The fraction of sp³-hybridized carbons (Fsp3) is 0.213. The summed E-state index contributed by atoms with van der Waals surface area (Å²) in [5.74, 6) is 0.296. The zero-order chi connectivity index (χ0) is 55.8. The van der Waals surface area contributed by atoms with Crippen molar-refractivity contribution in [3.05, 3.63) is 192 Å². The molecule has 0 aliphatic rings. The SMILES string of the molecule is [2H]C([2H])([2H])c1ccc(-c2ccnc(-c3[c-]c(-c4cccc5c4nc(-c4cc(C(C)(C)C)cc(C(C)(C)C)c4O)n5-c4ccc(C(C([2H])([2H])[2H])(C([2H])([2H])[2H])C([2H])([2H])[2H])cc4-c4ccccc4)cc(-c4ccccc4)c3)c2)cc1.[Pt]. The van der Waals surface area contributed by atoms with Gasteiger partial charge in [-0.2, -0.15) is 0 Å². The van der Waals surface area contributed by atoms with Crippen molar-refractivity contribution in [1.29, 1.82) is 0 Å². The molecule has 66 heavy (non-hydrogen) atoms. The number of imidazole rings is 1.